The maximum absolute atomic E-state index is 13.1. The van der Waals surface area contributed by atoms with Crippen molar-refractivity contribution < 1.29 is 22.8 Å². The Balaban J connectivity index is 1.69. The van der Waals surface area contributed by atoms with Crippen LogP contribution in [0.5, 0.6) is 0 Å². The topological polar surface area (TPSA) is 66.6 Å². The van der Waals surface area contributed by atoms with Crippen LogP contribution in [0.15, 0.2) is 24.3 Å². The third kappa shape index (κ3) is 3.10. The van der Waals surface area contributed by atoms with Gasteiger partial charge in [0.2, 0.25) is 11.8 Å². The zero-order valence-corrected chi connectivity index (χ0v) is 12.9. The number of nitrogens with two attached hydrogens (primary N) is 1. The van der Waals surface area contributed by atoms with Gasteiger partial charge in [0.05, 0.1) is 18.4 Å². The molecule has 0 radical (unpaired) electrons. The largest absolute Gasteiger partial charge is 0.393 e. The summed E-state index contributed by atoms with van der Waals surface area (Å²) in [7, 11) is 0. The van der Waals surface area contributed by atoms with Gasteiger partial charge < -0.3 is 10.6 Å². The summed E-state index contributed by atoms with van der Waals surface area (Å²) >= 11 is 0. The van der Waals surface area contributed by atoms with Crippen molar-refractivity contribution in [2.45, 2.75) is 12.6 Å². The van der Waals surface area contributed by atoms with E-state index >= 15 is 0 Å². The highest BCUT2D eigenvalue weighted by Gasteiger charge is 2.52. The van der Waals surface area contributed by atoms with Gasteiger partial charge in [-0.25, -0.2) is 0 Å². The van der Waals surface area contributed by atoms with Gasteiger partial charge in [-0.05, 0) is 18.1 Å². The number of halogens is 3. The van der Waals surface area contributed by atoms with Crippen LogP contribution < -0.4 is 10.6 Å². The molecule has 0 saturated carbocycles. The van der Waals surface area contributed by atoms with E-state index in [1.165, 1.54) is 4.90 Å². The fourth-order valence-electron chi connectivity index (χ4n) is 3.51. The lowest BCUT2D eigenvalue weighted by Crippen LogP contribution is -2.39. The number of primary amides is 1. The summed E-state index contributed by atoms with van der Waals surface area (Å²) in [5, 5.41) is 0. The molecule has 0 aliphatic carbocycles. The summed E-state index contributed by atoms with van der Waals surface area (Å²) < 4.78 is 39.2. The van der Waals surface area contributed by atoms with Crippen molar-refractivity contribution in [3.8, 4) is 0 Å². The van der Waals surface area contributed by atoms with Crippen LogP contribution in [0.4, 0.5) is 18.9 Å². The number of rotatable bonds is 3. The molecule has 1 fully saturated rings. The standard InChI is InChI=1S/C16H18F3N3O2/c17-16(18,19)12-8-21(7-11(12)15(20)24)9-14(23)22-6-5-10-3-1-2-4-13(10)22/h1-4,11-12H,5-9H2,(H2,20,24)/t11-,12-/m1/s1. The summed E-state index contributed by atoms with van der Waals surface area (Å²) in [5.41, 5.74) is 6.96. The predicted molar refractivity (Wildman–Crippen MR) is 81.2 cm³/mol. The Labute approximate surface area is 137 Å². The Hall–Kier alpha value is -2.09. The zero-order valence-electron chi connectivity index (χ0n) is 12.9. The number of fused-ring (bicyclic) bond motifs is 1. The van der Waals surface area contributed by atoms with Crippen LogP contribution >= 0.6 is 0 Å². The number of carbonyl (C=O) groups is 2. The Morgan fingerprint density at radius 3 is 2.54 bits per heavy atom. The fourth-order valence-corrected chi connectivity index (χ4v) is 3.51. The molecular formula is C16H18F3N3O2. The average Bonchev–Trinajstić information content (AvgIpc) is 3.10. The van der Waals surface area contributed by atoms with Crippen molar-refractivity contribution in [2.75, 3.05) is 31.1 Å². The van der Waals surface area contributed by atoms with Gasteiger partial charge in [0.1, 0.15) is 0 Å². The number of hydrogen-bond donors (Lipinski definition) is 1. The van der Waals surface area contributed by atoms with E-state index < -0.39 is 23.9 Å². The Morgan fingerprint density at radius 1 is 1.21 bits per heavy atom. The van der Waals surface area contributed by atoms with E-state index in [2.05, 4.69) is 0 Å². The number of anilines is 1. The molecule has 24 heavy (non-hydrogen) atoms. The van der Waals surface area contributed by atoms with Crippen molar-refractivity contribution in [1.82, 2.24) is 4.90 Å². The van der Waals surface area contributed by atoms with Gasteiger partial charge in [-0.1, -0.05) is 18.2 Å². The number of alkyl halides is 3. The summed E-state index contributed by atoms with van der Waals surface area (Å²) in [5.74, 6) is -4.35. The van der Waals surface area contributed by atoms with Crippen LogP contribution in [-0.4, -0.2) is 49.1 Å². The third-order valence-electron chi connectivity index (χ3n) is 4.73. The van der Waals surface area contributed by atoms with Gasteiger partial charge in [0.15, 0.2) is 0 Å². The molecule has 1 saturated heterocycles. The Kier molecular flexibility index (Phi) is 4.25. The quantitative estimate of drug-likeness (QED) is 0.898. The monoisotopic (exact) mass is 341 g/mol. The lowest BCUT2D eigenvalue weighted by atomic mass is 9.95. The molecule has 2 heterocycles. The first-order valence-electron chi connectivity index (χ1n) is 7.74. The Morgan fingerprint density at radius 2 is 1.92 bits per heavy atom. The van der Waals surface area contributed by atoms with Crippen LogP contribution in [0.3, 0.4) is 0 Å². The molecule has 3 rings (SSSR count). The van der Waals surface area contributed by atoms with Crippen LogP contribution in [0.1, 0.15) is 5.56 Å². The number of carbonyl (C=O) groups excluding carboxylic acids is 2. The number of nitrogens with zero attached hydrogens (tertiary/aromatic N) is 2. The highest BCUT2D eigenvalue weighted by Crippen LogP contribution is 2.37. The van der Waals surface area contributed by atoms with Crippen molar-refractivity contribution in [2.24, 2.45) is 17.6 Å². The maximum Gasteiger partial charge on any atom is 0.393 e. The smallest absolute Gasteiger partial charge is 0.369 e. The molecule has 5 nitrogen and oxygen atoms in total. The first-order valence-corrected chi connectivity index (χ1v) is 7.74. The van der Waals surface area contributed by atoms with Crippen molar-refractivity contribution >= 4 is 17.5 Å². The molecule has 2 atom stereocenters. The minimum Gasteiger partial charge on any atom is -0.369 e. The second kappa shape index (κ2) is 6.08. The number of amides is 2. The highest BCUT2D eigenvalue weighted by molar-refractivity contribution is 5.96. The average molecular weight is 341 g/mol. The van der Waals surface area contributed by atoms with E-state index in [0.717, 1.165) is 17.7 Å². The van der Waals surface area contributed by atoms with E-state index in [1.807, 2.05) is 24.3 Å². The molecule has 2 amide bonds. The van der Waals surface area contributed by atoms with Crippen molar-refractivity contribution in [3.05, 3.63) is 29.8 Å². The van der Waals surface area contributed by atoms with Crippen molar-refractivity contribution in [3.63, 3.8) is 0 Å². The Bertz CT molecular complexity index is 662. The molecule has 1 aromatic rings. The van der Waals surface area contributed by atoms with Gasteiger partial charge in [-0.15, -0.1) is 0 Å². The van der Waals surface area contributed by atoms with Gasteiger partial charge >= 0.3 is 6.18 Å². The first-order chi connectivity index (χ1) is 11.3. The number of para-hydroxylation sites is 1. The van der Waals surface area contributed by atoms with E-state index in [9.17, 15) is 22.8 Å². The van der Waals surface area contributed by atoms with E-state index in [1.54, 1.807) is 4.90 Å². The van der Waals surface area contributed by atoms with Crippen LogP contribution in [0.2, 0.25) is 0 Å². The fraction of sp³-hybridized carbons (Fsp3) is 0.500. The van der Waals surface area contributed by atoms with Crippen LogP contribution in [0.25, 0.3) is 0 Å². The number of benzene rings is 1. The van der Waals surface area contributed by atoms with Crippen LogP contribution in [-0.2, 0) is 16.0 Å². The lowest BCUT2D eigenvalue weighted by molar-refractivity contribution is -0.182. The molecular weight excluding hydrogens is 323 g/mol. The second-order valence-electron chi connectivity index (χ2n) is 6.28. The highest BCUT2D eigenvalue weighted by atomic mass is 19.4. The molecule has 1 aromatic carbocycles. The van der Waals surface area contributed by atoms with Crippen LogP contribution in [0, 0.1) is 11.8 Å². The molecule has 0 spiro atoms. The molecule has 0 unspecified atom stereocenters. The maximum atomic E-state index is 13.1. The second-order valence-corrected chi connectivity index (χ2v) is 6.28. The SMILES string of the molecule is NC(=O)[C@@H]1CN(CC(=O)N2CCc3ccccc32)C[C@H]1C(F)(F)F. The van der Waals surface area contributed by atoms with Gasteiger partial charge in [0, 0.05) is 25.3 Å². The minimum absolute atomic E-state index is 0.138. The number of likely N-dealkylation sites (tertiary alicyclic amines) is 1. The zero-order chi connectivity index (χ0) is 17.5. The molecule has 2 aliphatic heterocycles. The van der Waals surface area contributed by atoms with Gasteiger partial charge in [0.25, 0.3) is 0 Å². The normalized spacial score (nSPS) is 24.2. The predicted octanol–water partition coefficient (Wildman–Crippen LogP) is 1.17. The molecule has 130 valence electrons. The third-order valence-corrected chi connectivity index (χ3v) is 4.73. The van der Waals surface area contributed by atoms with Crippen molar-refractivity contribution in [1.29, 1.82) is 0 Å². The molecule has 2 aliphatic rings. The van der Waals surface area contributed by atoms with E-state index in [0.29, 0.717) is 6.54 Å². The van der Waals surface area contributed by atoms with E-state index in [4.69, 9.17) is 5.73 Å². The summed E-state index contributed by atoms with van der Waals surface area (Å²) in [6.45, 7) is -0.141. The number of hydrogen-bond acceptors (Lipinski definition) is 3. The molecule has 0 aromatic heterocycles. The first kappa shape index (κ1) is 16.8. The van der Waals surface area contributed by atoms with Gasteiger partial charge in [-0.3, -0.25) is 14.5 Å². The molecule has 2 N–H and O–H groups in total. The minimum atomic E-state index is -4.50. The summed E-state index contributed by atoms with van der Waals surface area (Å²) in [4.78, 5) is 26.8. The lowest BCUT2D eigenvalue weighted by Gasteiger charge is -2.22. The summed E-state index contributed by atoms with van der Waals surface area (Å²) in [6, 6.07) is 7.47. The summed E-state index contributed by atoms with van der Waals surface area (Å²) in [6.07, 6.45) is -3.77. The molecule has 8 heteroatoms. The molecule has 0 bridgehead atoms. The van der Waals surface area contributed by atoms with Gasteiger partial charge in [-0.2, -0.15) is 13.2 Å². The van der Waals surface area contributed by atoms with E-state index in [-0.39, 0.29) is 25.5 Å².